The summed E-state index contributed by atoms with van der Waals surface area (Å²) < 4.78 is 3.82. The van der Waals surface area contributed by atoms with Crippen LogP contribution in [0.3, 0.4) is 0 Å². The summed E-state index contributed by atoms with van der Waals surface area (Å²) in [5.41, 5.74) is 4.09. The fourth-order valence-corrected chi connectivity index (χ4v) is 2.85. The van der Waals surface area contributed by atoms with Crippen molar-refractivity contribution in [2.24, 2.45) is 0 Å². The molecular formula is C18H17N5O. The third-order valence-electron chi connectivity index (χ3n) is 4.04. The summed E-state index contributed by atoms with van der Waals surface area (Å²) in [6.07, 6.45) is 3.62. The smallest absolute Gasteiger partial charge is 0.278 e. The van der Waals surface area contributed by atoms with E-state index < -0.39 is 0 Å². The highest BCUT2D eigenvalue weighted by Crippen LogP contribution is 2.20. The first-order valence-electron chi connectivity index (χ1n) is 7.87. The van der Waals surface area contributed by atoms with Crippen LogP contribution in [0.2, 0.25) is 0 Å². The average molecular weight is 319 g/mol. The number of hydrogen-bond donors (Lipinski definition) is 1. The molecular weight excluding hydrogens is 302 g/mol. The molecule has 0 saturated heterocycles. The van der Waals surface area contributed by atoms with Crippen molar-refractivity contribution in [1.82, 2.24) is 18.9 Å². The molecule has 120 valence electrons. The largest absolute Gasteiger partial charge is 0.310 e. The van der Waals surface area contributed by atoms with Gasteiger partial charge in [-0.2, -0.15) is 0 Å². The maximum Gasteiger partial charge on any atom is 0.278 e. The van der Waals surface area contributed by atoms with Crippen LogP contribution < -0.4 is 5.32 Å². The van der Waals surface area contributed by atoms with Gasteiger partial charge in [-0.25, -0.2) is 9.97 Å². The standard InChI is InChI=1S/C18H17N5O/c1-3-23-15-7-5-4-6-13(15)20-18(23)21-17(24)14-11-22-9-8-12(2)10-16(22)19-14/h4-11H,3H2,1-2H3,(H,20,21,24). The highest BCUT2D eigenvalue weighted by molar-refractivity contribution is 6.03. The average Bonchev–Trinajstić information content (AvgIpc) is 3.14. The molecule has 0 aliphatic heterocycles. The molecule has 0 radical (unpaired) electrons. The molecule has 0 aliphatic carbocycles. The minimum absolute atomic E-state index is 0.263. The van der Waals surface area contributed by atoms with Crippen LogP contribution in [0.25, 0.3) is 16.7 Å². The van der Waals surface area contributed by atoms with Gasteiger partial charge in [0, 0.05) is 18.9 Å². The van der Waals surface area contributed by atoms with E-state index >= 15 is 0 Å². The van der Waals surface area contributed by atoms with E-state index in [1.54, 1.807) is 6.20 Å². The number of amides is 1. The molecule has 4 aromatic rings. The van der Waals surface area contributed by atoms with Crippen molar-refractivity contribution < 1.29 is 4.79 Å². The van der Waals surface area contributed by atoms with Crippen molar-refractivity contribution in [3.8, 4) is 0 Å². The lowest BCUT2D eigenvalue weighted by atomic mass is 10.3. The number of nitrogens with zero attached hydrogens (tertiary/aromatic N) is 4. The van der Waals surface area contributed by atoms with E-state index in [1.807, 2.05) is 65.4 Å². The number of carbonyl (C=O) groups excluding carboxylic acids is 1. The SMILES string of the molecule is CCn1c(NC(=O)c2cn3ccc(C)cc3n2)nc2ccccc21. The maximum absolute atomic E-state index is 12.6. The highest BCUT2D eigenvalue weighted by atomic mass is 16.2. The summed E-state index contributed by atoms with van der Waals surface area (Å²) in [6.45, 7) is 4.75. The Morgan fingerprint density at radius 3 is 2.88 bits per heavy atom. The summed E-state index contributed by atoms with van der Waals surface area (Å²) in [6, 6.07) is 11.8. The first-order valence-corrected chi connectivity index (χ1v) is 7.87. The van der Waals surface area contributed by atoms with Gasteiger partial charge < -0.3 is 8.97 Å². The Kier molecular flexibility index (Phi) is 3.30. The van der Waals surface area contributed by atoms with Gasteiger partial charge in [-0.1, -0.05) is 12.1 Å². The molecule has 0 atom stereocenters. The van der Waals surface area contributed by atoms with Gasteiger partial charge in [0.15, 0.2) is 0 Å². The fraction of sp³-hybridized carbons (Fsp3) is 0.167. The molecule has 3 aromatic heterocycles. The van der Waals surface area contributed by atoms with E-state index in [-0.39, 0.29) is 5.91 Å². The lowest BCUT2D eigenvalue weighted by Crippen LogP contribution is -2.16. The number of anilines is 1. The van der Waals surface area contributed by atoms with Crippen LogP contribution in [-0.4, -0.2) is 24.8 Å². The van der Waals surface area contributed by atoms with Gasteiger partial charge in [0.1, 0.15) is 11.3 Å². The van der Waals surface area contributed by atoms with Crippen molar-refractivity contribution in [3.05, 3.63) is 60.0 Å². The minimum Gasteiger partial charge on any atom is -0.310 e. The van der Waals surface area contributed by atoms with Crippen molar-refractivity contribution in [3.63, 3.8) is 0 Å². The van der Waals surface area contributed by atoms with Gasteiger partial charge in [0.2, 0.25) is 5.95 Å². The molecule has 0 saturated carbocycles. The zero-order chi connectivity index (χ0) is 16.7. The van der Waals surface area contributed by atoms with Crippen LogP contribution in [0.5, 0.6) is 0 Å². The van der Waals surface area contributed by atoms with Crippen LogP contribution >= 0.6 is 0 Å². The quantitative estimate of drug-likeness (QED) is 0.630. The fourth-order valence-electron chi connectivity index (χ4n) is 2.85. The number of aryl methyl sites for hydroxylation is 2. The maximum atomic E-state index is 12.6. The molecule has 1 aromatic carbocycles. The third-order valence-corrected chi connectivity index (χ3v) is 4.04. The Balaban J connectivity index is 1.70. The monoisotopic (exact) mass is 319 g/mol. The second-order valence-electron chi connectivity index (χ2n) is 5.72. The number of pyridine rings is 1. The number of rotatable bonds is 3. The van der Waals surface area contributed by atoms with E-state index in [0.29, 0.717) is 11.6 Å². The second kappa shape index (κ2) is 5.49. The van der Waals surface area contributed by atoms with Crippen LogP contribution in [0.4, 0.5) is 5.95 Å². The molecule has 4 rings (SSSR count). The second-order valence-corrected chi connectivity index (χ2v) is 5.72. The van der Waals surface area contributed by atoms with Gasteiger partial charge in [-0.3, -0.25) is 10.1 Å². The van der Waals surface area contributed by atoms with Crippen LogP contribution in [0.15, 0.2) is 48.8 Å². The predicted octanol–water partition coefficient (Wildman–Crippen LogP) is 3.26. The lowest BCUT2D eigenvalue weighted by Gasteiger charge is -2.06. The molecule has 0 bridgehead atoms. The lowest BCUT2D eigenvalue weighted by molar-refractivity contribution is 0.102. The number of aromatic nitrogens is 4. The summed E-state index contributed by atoms with van der Waals surface area (Å²) in [5, 5.41) is 2.88. The van der Waals surface area contributed by atoms with Gasteiger partial charge in [-0.05, 0) is 43.7 Å². The topological polar surface area (TPSA) is 64.2 Å². The molecule has 0 fully saturated rings. The Morgan fingerprint density at radius 2 is 2.04 bits per heavy atom. The number of para-hydroxylation sites is 2. The highest BCUT2D eigenvalue weighted by Gasteiger charge is 2.15. The number of hydrogen-bond acceptors (Lipinski definition) is 3. The molecule has 6 nitrogen and oxygen atoms in total. The number of carbonyl (C=O) groups is 1. The van der Waals surface area contributed by atoms with Crippen LogP contribution in [0.1, 0.15) is 23.0 Å². The van der Waals surface area contributed by atoms with Gasteiger partial charge in [0.05, 0.1) is 11.0 Å². The van der Waals surface area contributed by atoms with E-state index in [9.17, 15) is 4.79 Å². The van der Waals surface area contributed by atoms with Crippen molar-refractivity contribution in [1.29, 1.82) is 0 Å². The Labute approximate surface area is 138 Å². The summed E-state index contributed by atoms with van der Waals surface area (Å²) in [5.74, 6) is 0.276. The van der Waals surface area contributed by atoms with E-state index in [4.69, 9.17) is 0 Å². The molecule has 0 aliphatic rings. The normalized spacial score (nSPS) is 11.2. The van der Waals surface area contributed by atoms with Gasteiger partial charge in [0.25, 0.3) is 5.91 Å². The summed E-state index contributed by atoms with van der Waals surface area (Å²) >= 11 is 0. The third kappa shape index (κ3) is 2.32. The van der Waals surface area contributed by atoms with Gasteiger partial charge in [-0.15, -0.1) is 0 Å². The summed E-state index contributed by atoms with van der Waals surface area (Å²) in [4.78, 5) is 21.5. The zero-order valence-electron chi connectivity index (χ0n) is 13.5. The van der Waals surface area contributed by atoms with Crippen LogP contribution in [-0.2, 0) is 6.54 Å². The number of imidazole rings is 2. The van der Waals surface area contributed by atoms with Crippen LogP contribution in [0, 0.1) is 6.92 Å². The molecule has 1 N–H and O–H groups in total. The Bertz CT molecular complexity index is 1060. The van der Waals surface area contributed by atoms with Crippen molar-refractivity contribution in [2.75, 3.05) is 5.32 Å². The molecule has 0 unspecified atom stereocenters. The first kappa shape index (κ1) is 14.4. The molecule has 6 heteroatoms. The Hall–Kier alpha value is -3.15. The summed E-state index contributed by atoms with van der Waals surface area (Å²) in [7, 11) is 0. The van der Waals surface area contributed by atoms with E-state index in [1.165, 1.54) is 0 Å². The van der Waals surface area contributed by atoms with Crippen molar-refractivity contribution >= 4 is 28.5 Å². The minimum atomic E-state index is -0.263. The molecule has 1 amide bonds. The number of nitrogens with one attached hydrogen (secondary N) is 1. The Morgan fingerprint density at radius 1 is 1.21 bits per heavy atom. The van der Waals surface area contributed by atoms with Crippen molar-refractivity contribution in [2.45, 2.75) is 20.4 Å². The molecule has 3 heterocycles. The molecule has 0 spiro atoms. The predicted molar refractivity (Wildman–Crippen MR) is 93.3 cm³/mol. The number of fused-ring (bicyclic) bond motifs is 2. The zero-order valence-corrected chi connectivity index (χ0v) is 13.5. The van der Waals surface area contributed by atoms with E-state index in [0.717, 1.165) is 28.8 Å². The number of benzene rings is 1. The molecule has 24 heavy (non-hydrogen) atoms. The first-order chi connectivity index (χ1) is 11.7. The van der Waals surface area contributed by atoms with E-state index in [2.05, 4.69) is 15.3 Å². The van der Waals surface area contributed by atoms with Gasteiger partial charge >= 0.3 is 0 Å².